The van der Waals surface area contributed by atoms with Crippen LogP contribution in [0.4, 0.5) is 16.2 Å². The summed E-state index contributed by atoms with van der Waals surface area (Å²) >= 11 is 0. The first-order valence-corrected chi connectivity index (χ1v) is 11.1. The molecule has 2 aromatic rings. The lowest BCUT2D eigenvalue weighted by Crippen LogP contribution is -2.54. The average molecular weight is 448 g/mol. The maximum atomic E-state index is 13.4. The number of anilines is 2. The molecule has 10 heteroatoms. The lowest BCUT2D eigenvalue weighted by molar-refractivity contribution is -0.120. The topological polar surface area (TPSA) is 105 Å². The number of urea groups is 1. The highest BCUT2D eigenvalue weighted by atomic mass is 32.2. The Morgan fingerprint density at radius 3 is 2.29 bits per heavy atom. The molecule has 0 radical (unpaired) electrons. The Labute approximate surface area is 181 Å². The van der Waals surface area contributed by atoms with E-state index in [9.17, 15) is 18.0 Å². The summed E-state index contributed by atoms with van der Waals surface area (Å²) in [7, 11) is -1.39. The molecule has 0 spiro atoms. The number of carbonyl (C=O) groups is 2. The number of para-hydroxylation sites is 1. The van der Waals surface area contributed by atoms with Crippen molar-refractivity contribution in [3.63, 3.8) is 0 Å². The number of amides is 3. The molecular formula is C21H25N3O6S. The molecule has 9 nitrogen and oxygen atoms in total. The molecule has 0 saturated carbocycles. The molecule has 2 aromatic carbocycles. The van der Waals surface area contributed by atoms with E-state index in [1.54, 1.807) is 18.2 Å². The van der Waals surface area contributed by atoms with Gasteiger partial charge in [0.2, 0.25) is 5.91 Å². The zero-order valence-corrected chi connectivity index (χ0v) is 18.6. The van der Waals surface area contributed by atoms with E-state index in [1.165, 1.54) is 38.5 Å². The second-order valence-corrected chi connectivity index (χ2v) is 8.81. The van der Waals surface area contributed by atoms with Crippen LogP contribution in [0.5, 0.6) is 11.5 Å². The fourth-order valence-corrected chi connectivity index (χ4v) is 4.77. The van der Waals surface area contributed by atoms with Gasteiger partial charge in [0.25, 0.3) is 10.0 Å². The van der Waals surface area contributed by atoms with Gasteiger partial charge in [0.1, 0.15) is 22.9 Å². The fraction of sp³-hybridized carbons (Fsp3) is 0.333. The predicted molar refractivity (Wildman–Crippen MR) is 116 cm³/mol. The third kappa shape index (κ3) is 4.29. The fourth-order valence-electron chi connectivity index (χ4n) is 3.19. The number of benzene rings is 2. The molecule has 0 fully saturated rings. The molecule has 1 heterocycles. The minimum absolute atomic E-state index is 0.0445. The summed E-state index contributed by atoms with van der Waals surface area (Å²) in [5, 5.41) is 2.80. The summed E-state index contributed by atoms with van der Waals surface area (Å²) in [5.41, 5.74) is 0.195. The number of methoxy groups -OCH3 is 2. The van der Waals surface area contributed by atoms with Gasteiger partial charge < -0.3 is 14.8 Å². The third-order valence-corrected chi connectivity index (χ3v) is 6.72. The number of nitrogens with one attached hydrogen (secondary N) is 1. The summed E-state index contributed by atoms with van der Waals surface area (Å²) in [5.74, 6) is 0.245. The maximum Gasteiger partial charge on any atom is 0.343 e. The molecule has 1 unspecified atom stereocenters. The minimum Gasteiger partial charge on any atom is -0.497 e. The Kier molecular flexibility index (Phi) is 6.40. The number of nitrogens with zero attached hydrogens (tertiary/aromatic N) is 2. The number of hydrogen-bond acceptors (Lipinski definition) is 6. The van der Waals surface area contributed by atoms with Crippen LogP contribution in [0, 0.1) is 0 Å². The van der Waals surface area contributed by atoms with Gasteiger partial charge in [-0.3, -0.25) is 9.69 Å². The number of fused-ring (bicyclic) bond motifs is 1. The van der Waals surface area contributed by atoms with Crippen LogP contribution < -0.4 is 24.0 Å². The molecule has 1 aliphatic heterocycles. The Bertz CT molecular complexity index is 1080. The summed E-state index contributed by atoms with van der Waals surface area (Å²) in [6, 6.07) is 9.55. The van der Waals surface area contributed by atoms with Crippen molar-refractivity contribution in [2.24, 2.45) is 0 Å². The molecule has 166 valence electrons. The van der Waals surface area contributed by atoms with Crippen molar-refractivity contribution in [2.45, 2.75) is 31.2 Å². The Morgan fingerprint density at radius 1 is 1.10 bits per heavy atom. The first-order chi connectivity index (χ1) is 14.7. The largest absolute Gasteiger partial charge is 0.497 e. The van der Waals surface area contributed by atoms with E-state index in [1.807, 2.05) is 13.8 Å². The van der Waals surface area contributed by atoms with Gasteiger partial charge in [-0.15, -0.1) is 0 Å². The van der Waals surface area contributed by atoms with E-state index in [0.29, 0.717) is 15.8 Å². The molecule has 0 saturated heterocycles. The second-order valence-electron chi connectivity index (χ2n) is 7.05. The molecule has 1 N–H and O–H groups in total. The van der Waals surface area contributed by atoms with Crippen LogP contribution in [0.1, 0.15) is 20.3 Å². The lowest BCUT2D eigenvalue weighted by atomic mass is 10.2. The number of sulfonamides is 1. The summed E-state index contributed by atoms with van der Waals surface area (Å²) in [6.07, 6.45) is 0.723. The molecule has 1 atom stereocenters. The molecular weight excluding hydrogens is 422 g/mol. The van der Waals surface area contributed by atoms with Gasteiger partial charge in [-0.25, -0.2) is 13.2 Å². The molecule has 0 aromatic heterocycles. The average Bonchev–Trinajstić information content (AvgIpc) is 2.76. The maximum absolute atomic E-state index is 13.4. The Morgan fingerprint density at radius 2 is 1.71 bits per heavy atom. The van der Waals surface area contributed by atoms with E-state index in [-0.39, 0.29) is 34.8 Å². The van der Waals surface area contributed by atoms with Crippen molar-refractivity contribution < 1.29 is 27.5 Å². The van der Waals surface area contributed by atoms with Gasteiger partial charge >= 0.3 is 6.03 Å². The van der Waals surface area contributed by atoms with Crippen LogP contribution >= 0.6 is 0 Å². The van der Waals surface area contributed by atoms with Gasteiger partial charge in [0, 0.05) is 24.2 Å². The molecule has 0 bridgehead atoms. The van der Waals surface area contributed by atoms with Crippen molar-refractivity contribution in [2.75, 3.05) is 30.0 Å². The first-order valence-electron chi connectivity index (χ1n) is 9.71. The SMILES string of the molecule is CCC(C)NC(=O)CN1C(=O)N(c2cc(OC)cc(OC)c2)S(=O)(=O)c2ccccc21. The van der Waals surface area contributed by atoms with Crippen LogP contribution in [0.2, 0.25) is 0 Å². The number of carbonyl (C=O) groups excluding carboxylic acids is 2. The summed E-state index contributed by atoms with van der Waals surface area (Å²) in [4.78, 5) is 27.0. The highest BCUT2D eigenvalue weighted by Crippen LogP contribution is 2.39. The monoisotopic (exact) mass is 447 g/mol. The van der Waals surface area contributed by atoms with Crippen LogP contribution in [0.25, 0.3) is 0 Å². The zero-order chi connectivity index (χ0) is 22.8. The van der Waals surface area contributed by atoms with Gasteiger partial charge in [-0.1, -0.05) is 19.1 Å². The highest BCUT2D eigenvalue weighted by molar-refractivity contribution is 7.94. The van der Waals surface area contributed by atoms with Crippen LogP contribution in [-0.4, -0.2) is 47.2 Å². The quantitative estimate of drug-likeness (QED) is 0.700. The van der Waals surface area contributed by atoms with Crippen LogP contribution in [-0.2, 0) is 14.8 Å². The molecule has 1 aliphatic rings. The minimum atomic E-state index is -4.23. The van der Waals surface area contributed by atoms with Gasteiger partial charge in [-0.05, 0) is 25.5 Å². The number of hydrogen-bond donors (Lipinski definition) is 1. The van der Waals surface area contributed by atoms with E-state index in [2.05, 4.69) is 5.32 Å². The predicted octanol–water partition coefficient (Wildman–Crippen LogP) is 2.75. The highest BCUT2D eigenvalue weighted by Gasteiger charge is 2.43. The van der Waals surface area contributed by atoms with Crippen molar-refractivity contribution in [3.05, 3.63) is 42.5 Å². The van der Waals surface area contributed by atoms with Crippen LogP contribution in [0.15, 0.2) is 47.4 Å². The van der Waals surface area contributed by atoms with E-state index in [0.717, 1.165) is 11.3 Å². The van der Waals surface area contributed by atoms with Crippen molar-refractivity contribution >= 4 is 33.3 Å². The smallest absolute Gasteiger partial charge is 0.343 e. The zero-order valence-electron chi connectivity index (χ0n) is 17.8. The van der Waals surface area contributed by atoms with Gasteiger partial charge in [0.15, 0.2) is 0 Å². The normalized spacial score (nSPS) is 15.8. The van der Waals surface area contributed by atoms with Crippen molar-refractivity contribution in [3.8, 4) is 11.5 Å². The van der Waals surface area contributed by atoms with Gasteiger partial charge in [0.05, 0.1) is 25.6 Å². The molecule has 31 heavy (non-hydrogen) atoms. The van der Waals surface area contributed by atoms with E-state index < -0.39 is 16.1 Å². The van der Waals surface area contributed by atoms with Crippen LogP contribution in [0.3, 0.4) is 0 Å². The second kappa shape index (κ2) is 8.84. The summed E-state index contributed by atoms with van der Waals surface area (Å²) < 4.78 is 37.8. The molecule has 3 amide bonds. The third-order valence-electron chi connectivity index (χ3n) is 4.97. The molecule has 3 rings (SSSR count). The van der Waals surface area contributed by atoms with Crippen molar-refractivity contribution in [1.29, 1.82) is 0 Å². The van der Waals surface area contributed by atoms with Gasteiger partial charge in [-0.2, -0.15) is 4.31 Å². The lowest BCUT2D eigenvalue weighted by Gasteiger charge is -2.36. The van der Waals surface area contributed by atoms with Crippen molar-refractivity contribution in [1.82, 2.24) is 5.32 Å². The van der Waals surface area contributed by atoms with E-state index >= 15 is 0 Å². The molecule has 0 aliphatic carbocycles. The number of ether oxygens (including phenoxy) is 2. The number of rotatable bonds is 7. The standard InChI is InChI=1S/C21H25N3O6S/c1-5-14(2)22-20(25)13-23-18-8-6-7-9-19(18)31(27,28)24(21(23)26)15-10-16(29-3)12-17(11-15)30-4/h6-12,14H,5,13H2,1-4H3,(H,22,25). The Balaban J connectivity index is 2.12. The van der Waals surface area contributed by atoms with E-state index in [4.69, 9.17) is 9.47 Å². The Hall–Kier alpha value is -3.27. The first kappa shape index (κ1) is 22.4. The summed E-state index contributed by atoms with van der Waals surface area (Å²) in [6.45, 7) is 3.45.